The van der Waals surface area contributed by atoms with Crippen molar-refractivity contribution in [2.24, 2.45) is 0 Å². The lowest BCUT2D eigenvalue weighted by Crippen LogP contribution is -2.36. The lowest BCUT2D eigenvalue weighted by atomic mass is 10.1. The van der Waals surface area contributed by atoms with E-state index in [1.165, 1.54) is 22.7 Å². The van der Waals surface area contributed by atoms with E-state index in [1.807, 2.05) is 0 Å². The van der Waals surface area contributed by atoms with E-state index < -0.39 is 10.0 Å². The standard InChI is InChI=1S/C16H23FN2O3S/c1-23(21,22)19-11-3-10-18(12-13-19)16(20)5-2-4-14-6-8-15(17)9-7-14/h6-9H,2-5,10-13H2,1H3. The van der Waals surface area contributed by atoms with Gasteiger partial charge in [-0.2, -0.15) is 0 Å². The van der Waals surface area contributed by atoms with E-state index in [4.69, 9.17) is 0 Å². The fourth-order valence-corrected chi connectivity index (χ4v) is 3.60. The van der Waals surface area contributed by atoms with Crippen LogP contribution in [0.1, 0.15) is 24.8 Å². The molecule has 0 radical (unpaired) electrons. The van der Waals surface area contributed by atoms with E-state index in [9.17, 15) is 17.6 Å². The molecule has 1 aliphatic heterocycles. The Kier molecular flexibility index (Phi) is 6.12. The highest BCUT2D eigenvalue weighted by atomic mass is 32.2. The maximum Gasteiger partial charge on any atom is 0.222 e. The molecule has 0 bridgehead atoms. The number of benzene rings is 1. The molecule has 0 aliphatic carbocycles. The van der Waals surface area contributed by atoms with E-state index >= 15 is 0 Å². The molecule has 1 aromatic rings. The van der Waals surface area contributed by atoms with E-state index in [0.717, 1.165) is 12.0 Å². The topological polar surface area (TPSA) is 57.7 Å². The minimum absolute atomic E-state index is 0.0578. The van der Waals surface area contributed by atoms with Crippen molar-refractivity contribution in [3.05, 3.63) is 35.6 Å². The Balaban J connectivity index is 1.78. The monoisotopic (exact) mass is 342 g/mol. The van der Waals surface area contributed by atoms with Gasteiger partial charge in [0.25, 0.3) is 0 Å². The van der Waals surface area contributed by atoms with Gasteiger partial charge in [-0.1, -0.05) is 12.1 Å². The highest BCUT2D eigenvalue weighted by Gasteiger charge is 2.23. The third kappa shape index (κ3) is 5.58. The first kappa shape index (κ1) is 17.9. The molecular weight excluding hydrogens is 319 g/mol. The molecule has 0 unspecified atom stereocenters. The maximum absolute atomic E-state index is 12.8. The Labute approximate surface area is 137 Å². The average Bonchev–Trinajstić information content (AvgIpc) is 2.75. The van der Waals surface area contributed by atoms with Crippen molar-refractivity contribution >= 4 is 15.9 Å². The second-order valence-electron chi connectivity index (χ2n) is 5.88. The zero-order valence-electron chi connectivity index (χ0n) is 13.4. The predicted molar refractivity (Wildman–Crippen MR) is 87.0 cm³/mol. The Bertz CT molecular complexity index is 631. The van der Waals surface area contributed by atoms with Crippen molar-refractivity contribution in [2.45, 2.75) is 25.7 Å². The summed E-state index contributed by atoms with van der Waals surface area (Å²) in [6.45, 7) is 1.88. The summed E-state index contributed by atoms with van der Waals surface area (Å²) in [5.41, 5.74) is 1.01. The molecule has 1 fully saturated rings. The number of nitrogens with zero attached hydrogens (tertiary/aromatic N) is 2. The van der Waals surface area contributed by atoms with Gasteiger partial charge in [0.15, 0.2) is 0 Å². The van der Waals surface area contributed by atoms with Crippen LogP contribution >= 0.6 is 0 Å². The molecule has 5 nitrogen and oxygen atoms in total. The lowest BCUT2D eigenvalue weighted by Gasteiger charge is -2.21. The van der Waals surface area contributed by atoms with Crippen LogP contribution in [0.2, 0.25) is 0 Å². The molecule has 0 aromatic heterocycles. The number of carbonyl (C=O) groups excluding carboxylic acids is 1. The van der Waals surface area contributed by atoms with Crippen molar-refractivity contribution < 1.29 is 17.6 Å². The van der Waals surface area contributed by atoms with Crippen LogP contribution in [0.4, 0.5) is 4.39 Å². The Morgan fingerprint density at radius 1 is 1.13 bits per heavy atom. The molecule has 1 saturated heterocycles. The van der Waals surface area contributed by atoms with Crippen LogP contribution in [0.5, 0.6) is 0 Å². The number of aryl methyl sites for hydroxylation is 1. The van der Waals surface area contributed by atoms with Gasteiger partial charge in [0.2, 0.25) is 15.9 Å². The lowest BCUT2D eigenvalue weighted by molar-refractivity contribution is -0.131. The summed E-state index contributed by atoms with van der Waals surface area (Å²) in [5.74, 6) is -0.202. The molecule has 0 spiro atoms. The highest BCUT2D eigenvalue weighted by molar-refractivity contribution is 7.88. The smallest absolute Gasteiger partial charge is 0.222 e. The van der Waals surface area contributed by atoms with Crippen LogP contribution < -0.4 is 0 Å². The maximum atomic E-state index is 12.8. The second kappa shape index (κ2) is 7.88. The molecule has 7 heteroatoms. The average molecular weight is 342 g/mol. The molecule has 1 aliphatic rings. The Morgan fingerprint density at radius 3 is 2.48 bits per heavy atom. The van der Waals surface area contributed by atoms with Crippen molar-refractivity contribution in [1.82, 2.24) is 9.21 Å². The summed E-state index contributed by atoms with van der Waals surface area (Å²) in [6.07, 6.45) is 3.73. The summed E-state index contributed by atoms with van der Waals surface area (Å²) in [7, 11) is -3.19. The van der Waals surface area contributed by atoms with Crippen LogP contribution in [0.15, 0.2) is 24.3 Å². The molecule has 0 atom stereocenters. The van der Waals surface area contributed by atoms with Crippen molar-refractivity contribution in [2.75, 3.05) is 32.4 Å². The van der Waals surface area contributed by atoms with Gasteiger partial charge in [-0.25, -0.2) is 17.1 Å². The predicted octanol–water partition coefficient (Wildman–Crippen LogP) is 1.64. The van der Waals surface area contributed by atoms with Crippen molar-refractivity contribution in [1.29, 1.82) is 0 Å². The number of hydrogen-bond donors (Lipinski definition) is 0. The molecule has 1 amide bonds. The van der Waals surface area contributed by atoms with E-state index in [1.54, 1.807) is 17.0 Å². The summed E-state index contributed by atoms with van der Waals surface area (Å²) < 4.78 is 37.4. The number of hydrogen-bond acceptors (Lipinski definition) is 3. The molecule has 1 heterocycles. The van der Waals surface area contributed by atoms with Crippen LogP contribution in [0, 0.1) is 5.82 Å². The van der Waals surface area contributed by atoms with Crippen LogP contribution in [0.25, 0.3) is 0 Å². The van der Waals surface area contributed by atoms with Gasteiger partial charge in [0.05, 0.1) is 6.26 Å². The van der Waals surface area contributed by atoms with Gasteiger partial charge >= 0.3 is 0 Å². The van der Waals surface area contributed by atoms with Crippen LogP contribution in [-0.4, -0.2) is 56.0 Å². The number of amides is 1. The molecule has 1 aromatic carbocycles. The van der Waals surface area contributed by atoms with Crippen molar-refractivity contribution in [3.63, 3.8) is 0 Å². The first-order valence-electron chi connectivity index (χ1n) is 7.83. The summed E-state index contributed by atoms with van der Waals surface area (Å²) in [6, 6.07) is 6.31. The number of halogens is 1. The molecule has 23 heavy (non-hydrogen) atoms. The van der Waals surface area contributed by atoms with Gasteiger partial charge in [-0.15, -0.1) is 0 Å². The molecule has 2 rings (SSSR count). The van der Waals surface area contributed by atoms with Crippen LogP contribution in [-0.2, 0) is 21.2 Å². The molecule has 0 saturated carbocycles. The number of carbonyl (C=O) groups is 1. The number of sulfonamides is 1. The summed E-state index contributed by atoms with van der Waals surface area (Å²) in [4.78, 5) is 14.0. The normalized spacial score (nSPS) is 17.0. The van der Waals surface area contributed by atoms with Gasteiger partial charge in [0, 0.05) is 32.6 Å². The molecule has 0 N–H and O–H groups in total. The van der Waals surface area contributed by atoms with Gasteiger partial charge < -0.3 is 4.90 Å². The fourth-order valence-electron chi connectivity index (χ4n) is 2.73. The fraction of sp³-hybridized carbons (Fsp3) is 0.562. The molecular formula is C16H23FN2O3S. The first-order chi connectivity index (χ1) is 10.9. The molecule has 128 valence electrons. The summed E-state index contributed by atoms with van der Waals surface area (Å²) >= 11 is 0. The zero-order valence-corrected chi connectivity index (χ0v) is 14.2. The second-order valence-corrected chi connectivity index (χ2v) is 7.86. The third-order valence-corrected chi connectivity index (χ3v) is 5.35. The summed E-state index contributed by atoms with van der Waals surface area (Å²) in [5, 5.41) is 0. The van der Waals surface area contributed by atoms with Gasteiger partial charge in [-0.05, 0) is 37.0 Å². The first-order valence-corrected chi connectivity index (χ1v) is 9.68. The Hall–Kier alpha value is -1.47. The third-order valence-electron chi connectivity index (χ3n) is 4.05. The van der Waals surface area contributed by atoms with Crippen LogP contribution in [0.3, 0.4) is 0 Å². The Morgan fingerprint density at radius 2 is 1.83 bits per heavy atom. The quantitative estimate of drug-likeness (QED) is 0.817. The van der Waals surface area contributed by atoms with Gasteiger partial charge in [0.1, 0.15) is 5.82 Å². The zero-order chi connectivity index (χ0) is 16.9. The van der Waals surface area contributed by atoms with E-state index in [2.05, 4.69) is 0 Å². The van der Waals surface area contributed by atoms with Crippen molar-refractivity contribution in [3.8, 4) is 0 Å². The number of rotatable bonds is 5. The SMILES string of the molecule is CS(=O)(=O)N1CCCN(C(=O)CCCc2ccc(F)cc2)CC1. The van der Waals surface area contributed by atoms with Gasteiger partial charge in [-0.3, -0.25) is 4.79 Å². The van der Waals surface area contributed by atoms with E-state index in [-0.39, 0.29) is 11.7 Å². The largest absolute Gasteiger partial charge is 0.341 e. The highest BCUT2D eigenvalue weighted by Crippen LogP contribution is 2.11. The van der Waals surface area contributed by atoms with E-state index in [0.29, 0.717) is 45.4 Å². The minimum Gasteiger partial charge on any atom is -0.341 e. The minimum atomic E-state index is -3.19.